The van der Waals surface area contributed by atoms with E-state index in [0.717, 1.165) is 41.7 Å². The van der Waals surface area contributed by atoms with Crippen molar-refractivity contribution in [1.29, 1.82) is 5.41 Å². The van der Waals surface area contributed by atoms with Crippen LogP contribution in [0.2, 0.25) is 0 Å². The summed E-state index contributed by atoms with van der Waals surface area (Å²) in [5.74, 6) is 0.167. The molecule has 0 bridgehead atoms. The van der Waals surface area contributed by atoms with Crippen molar-refractivity contribution in [2.45, 2.75) is 30.7 Å². The number of amidine groups is 1. The molecular formula is C16H20N4OS. The minimum absolute atomic E-state index is 0.0604. The fourth-order valence-electron chi connectivity index (χ4n) is 2.93. The summed E-state index contributed by atoms with van der Waals surface area (Å²) in [6.07, 6.45) is 5.35. The predicted molar refractivity (Wildman–Crippen MR) is 90.1 cm³/mol. The van der Waals surface area contributed by atoms with Crippen LogP contribution in [0.1, 0.15) is 19.3 Å². The number of carbonyl (C=O) groups excluding carboxylic acids is 1. The largest absolute Gasteiger partial charge is 0.378 e. The van der Waals surface area contributed by atoms with Gasteiger partial charge in [-0.05, 0) is 25.3 Å². The van der Waals surface area contributed by atoms with E-state index in [1.165, 1.54) is 18.2 Å². The molecule has 116 valence electrons. The molecule has 2 aromatic rings. The van der Waals surface area contributed by atoms with Crippen molar-refractivity contribution in [3.63, 3.8) is 0 Å². The number of likely N-dealkylation sites (tertiary alicyclic amines) is 1. The molecular weight excluding hydrogens is 296 g/mol. The van der Waals surface area contributed by atoms with Gasteiger partial charge >= 0.3 is 0 Å². The van der Waals surface area contributed by atoms with Gasteiger partial charge in [0.25, 0.3) is 0 Å². The topological polar surface area (TPSA) is 75.1 Å². The molecule has 22 heavy (non-hydrogen) atoms. The van der Waals surface area contributed by atoms with Gasteiger partial charge in [-0.2, -0.15) is 0 Å². The molecule has 1 fully saturated rings. The molecule has 1 aromatic carbocycles. The fraction of sp³-hybridized carbons (Fsp3) is 0.375. The summed E-state index contributed by atoms with van der Waals surface area (Å²) in [5.41, 5.74) is 6.52. The molecule has 3 rings (SSSR count). The zero-order valence-corrected chi connectivity index (χ0v) is 13.2. The summed E-state index contributed by atoms with van der Waals surface area (Å²) in [6, 6.07) is 7.93. The maximum Gasteiger partial charge on any atom is 0.242 e. The molecule has 6 heteroatoms. The van der Waals surface area contributed by atoms with Gasteiger partial charge in [0.1, 0.15) is 6.54 Å². The third-order valence-electron chi connectivity index (χ3n) is 3.99. The average molecular weight is 316 g/mol. The lowest BCUT2D eigenvalue weighted by molar-refractivity contribution is -0.132. The molecule has 0 atom stereocenters. The summed E-state index contributed by atoms with van der Waals surface area (Å²) in [5, 5.41) is 8.57. The zero-order chi connectivity index (χ0) is 15.5. The lowest BCUT2D eigenvalue weighted by atomic mass is 10.1. The number of nitrogens with zero attached hydrogens (tertiary/aromatic N) is 2. The van der Waals surface area contributed by atoms with Crippen LogP contribution in [0.4, 0.5) is 0 Å². The van der Waals surface area contributed by atoms with E-state index in [0.29, 0.717) is 6.54 Å². The molecule has 1 aliphatic heterocycles. The highest BCUT2D eigenvalue weighted by atomic mass is 32.2. The molecule has 1 aliphatic rings. The third-order valence-corrected chi connectivity index (χ3v) is 4.75. The first-order valence-electron chi connectivity index (χ1n) is 7.52. The minimum Gasteiger partial charge on any atom is -0.378 e. The molecule has 0 unspecified atom stereocenters. The second-order valence-electron chi connectivity index (χ2n) is 5.55. The number of fused-ring (bicyclic) bond motifs is 1. The molecule has 0 spiro atoms. The number of hydrogen-bond acceptors (Lipinski definition) is 3. The summed E-state index contributed by atoms with van der Waals surface area (Å²) in [6.45, 7) is 2.08. The van der Waals surface area contributed by atoms with E-state index in [1.54, 1.807) is 0 Å². The fourth-order valence-corrected chi connectivity index (χ4v) is 3.63. The number of piperidine rings is 1. The monoisotopic (exact) mass is 316 g/mol. The Balaban J connectivity index is 1.86. The number of para-hydroxylation sites is 1. The lowest BCUT2D eigenvalue weighted by Gasteiger charge is -2.27. The van der Waals surface area contributed by atoms with E-state index in [-0.39, 0.29) is 11.1 Å². The first kappa shape index (κ1) is 15.0. The summed E-state index contributed by atoms with van der Waals surface area (Å²) >= 11 is 1.23. The highest BCUT2D eigenvalue weighted by Gasteiger charge is 2.18. The van der Waals surface area contributed by atoms with Crippen molar-refractivity contribution in [2.24, 2.45) is 5.73 Å². The van der Waals surface area contributed by atoms with Crippen molar-refractivity contribution >= 4 is 33.7 Å². The Morgan fingerprint density at radius 2 is 1.95 bits per heavy atom. The van der Waals surface area contributed by atoms with Crippen molar-refractivity contribution in [2.75, 3.05) is 13.1 Å². The van der Waals surface area contributed by atoms with Crippen LogP contribution in [-0.2, 0) is 11.3 Å². The molecule has 3 N–H and O–H groups in total. The molecule has 0 radical (unpaired) electrons. The first-order valence-corrected chi connectivity index (χ1v) is 8.34. The van der Waals surface area contributed by atoms with Crippen LogP contribution < -0.4 is 5.73 Å². The summed E-state index contributed by atoms with van der Waals surface area (Å²) in [4.78, 5) is 15.4. The summed E-state index contributed by atoms with van der Waals surface area (Å²) < 4.78 is 1.97. The maximum absolute atomic E-state index is 12.5. The van der Waals surface area contributed by atoms with Crippen LogP contribution in [0.15, 0.2) is 35.4 Å². The molecule has 1 saturated heterocycles. The van der Waals surface area contributed by atoms with Crippen LogP contribution in [0.25, 0.3) is 10.9 Å². The lowest BCUT2D eigenvalue weighted by Crippen LogP contribution is -2.37. The van der Waals surface area contributed by atoms with Crippen LogP contribution in [0.5, 0.6) is 0 Å². The Kier molecular flexibility index (Phi) is 4.38. The Bertz CT molecular complexity index is 703. The number of aromatic nitrogens is 1. The Hall–Kier alpha value is -1.95. The van der Waals surface area contributed by atoms with E-state index in [1.807, 2.05) is 39.9 Å². The second-order valence-corrected chi connectivity index (χ2v) is 6.63. The Morgan fingerprint density at radius 1 is 1.23 bits per heavy atom. The maximum atomic E-state index is 12.5. The molecule has 1 aromatic heterocycles. The number of rotatable bonds is 3. The minimum atomic E-state index is 0.0604. The van der Waals surface area contributed by atoms with Crippen molar-refractivity contribution in [3.8, 4) is 0 Å². The highest BCUT2D eigenvalue weighted by molar-refractivity contribution is 8.13. The number of nitrogens with two attached hydrogens (primary N) is 1. The Morgan fingerprint density at radius 3 is 2.68 bits per heavy atom. The van der Waals surface area contributed by atoms with Crippen LogP contribution >= 0.6 is 11.8 Å². The van der Waals surface area contributed by atoms with Gasteiger partial charge in [-0.3, -0.25) is 10.2 Å². The smallest absolute Gasteiger partial charge is 0.242 e. The van der Waals surface area contributed by atoms with Gasteiger partial charge in [-0.15, -0.1) is 0 Å². The van der Waals surface area contributed by atoms with Gasteiger partial charge in [-0.25, -0.2) is 0 Å². The molecule has 1 amide bonds. The normalized spacial score (nSPS) is 15.2. The SMILES string of the molecule is N=C(N)Sc1cn(CC(=O)N2CCCCC2)c2ccccc12. The quantitative estimate of drug-likeness (QED) is 0.519. The van der Waals surface area contributed by atoms with Gasteiger partial charge in [0.05, 0.1) is 0 Å². The van der Waals surface area contributed by atoms with E-state index in [4.69, 9.17) is 11.1 Å². The first-order chi connectivity index (χ1) is 10.6. The zero-order valence-electron chi connectivity index (χ0n) is 12.4. The van der Waals surface area contributed by atoms with Crippen molar-refractivity contribution < 1.29 is 4.79 Å². The van der Waals surface area contributed by atoms with Gasteiger partial charge < -0.3 is 15.2 Å². The van der Waals surface area contributed by atoms with Gasteiger partial charge in [-0.1, -0.05) is 30.0 Å². The summed E-state index contributed by atoms with van der Waals surface area (Å²) in [7, 11) is 0. The van der Waals surface area contributed by atoms with Crippen molar-refractivity contribution in [3.05, 3.63) is 30.5 Å². The predicted octanol–water partition coefficient (Wildman–Crippen LogP) is 2.64. The number of benzene rings is 1. The van der Waals surface area contributed by atoms with Gasteiger partial charge in [0, 0.05) is 35.1 Å². The number of hydrogen-bond donors (Lipinski definition) is 2. The average Bonchev–Trinajstić information content (AvgIpc) is 2.86. The number of amides is 1. The second kappa shape index (κ2) is 6.44. The van der Waals surface area contributed by atoms with Crippen LogP contribution in [-0.4, -0.2) is 33.6 Å². The van der Waals surface area contributed by atoms with E-state index in [9.17, 15) is 4.79 Å². The van der Waals surface area contributed by atoms with E-state index in [2.05, 4.69) is 0 Å². The molecule has 5 nitrogen and oxygen atoms in total. The van der Waals surface area contributed by atoms with E-state index >= 15 is 0 Å². The third kappa shape index (κ3) is 3.11. The number of carbonyl (C=O) groups is 1. The van der Waals surface area contributed by atoms with Crippen LogP contribution in [0.3, 0.4) is 0 Å². The van der Waals surface area contributed by atoms with Gasteiger partial charge in [0.2, 0.25) is 5.91 Å². The Labute approximate surface area is 134 Å². The number of nitrogens with one attached hydrogen (secondary N) is 1. The standard InChI is InChI=1S/C16H20N4OS/c17-16(18)22-14-10-20(13-7-3-2-6-12(13)14)11-15(21)19-8-4-1-5-9-19/h2-3,6-7,10H,1,4-5,8-9,11H2,(H3,17,18). The molecule has 0 aliphatic carbocycles. The van der Waals surface area contributed by atoms with Gasteiger partial charge in [0.15, 0.2) is 5.17 Å². The molecule has 2 heterocycles. The van der Waals surface area contributed by atoms with Crippen LogP contribution in [0, 0.1) is 5.41 Å². The van der Waals surface area contributed by atoms with Crippen molar-refractivity contribution in [1.82, 2.24) is 9.47 Å². The molecule has 0 saturated carbocycles. The number of thioether (sulfide) groups is 1. The van der Waals surface area contributed by atoms with E-state index < -0.39 is 0 Å². The highest BCUT2D eigenvalue weighted by Crippen LogP contribution is 2.29.